The van der Waals surface area contributed by atoms with Gasteiger partial charge in [-0.1, -0.05) is 54.8 Å². The molecule has 3 aromatic rings. The first-order valence-electron chi connectivity index (χ1n) is 13.5. The molecule has 240 valence electrons. The van der Waals surface area contributed by atoms with Crippen LogP contribution in [-0.4, -0.2) is 70.6 Å². The van der Waals surface area contributed by atoms with E-state index in [1.807, 2.05) is 44.2 Å². The molecule has 0 radical (unpaired) electrons. The number of thiocarbonyl (C=S) groups is 1. The van der Waals surface area contributed by atoms with Crippen molar-refractivity contribution in [3.63, 3.8) is 0 Å². The first-order valence-corrected chi connectivity index (χ1v) is 17.2. The number of para-hydroxylation sites is 1. The lowest BCUT2D eigenvalue weighted by atomic mass is 10.2. The van der Waals surface area contributed by atoms with Crippen LogP contribution in [0.25, 0.3) is 10.5 Å². The average molecular weight is 721 g/mol. The maximum atomic E-state index is 13.8. The van der Waals surface area contributed by atoms with Crippen LogP contribution in [0, 0.1) is 9.20 Å². The minimum Gasteiger partial charge on any atom is -0.480 e. The van der Waals surface area contributed by atoms with E-state index in [1.165, 1.54) is 11.8 Å². The minimum absolute atomic E-state index is 0.0112. The minimum atomic E-state index is -1.40. The number of aromatic nitrogens is 2. The molecule has 1 fully saturated rings. The van der Waals surface area contributed by atoms with E-state index in [0.29, 0.717) is 29.9 Å². The molecule has 1 saturated heterocycles. The molecular weight excluding hydrogens is 697 g/mol. The number of amides is 1. The molecule has 0 bridgehead atoms. The quantitative estimate of drug-likeness (QED) is 0.272. The van der Waals surface area contributed by atoms with Gasteiger partial charge in [0, 0.05) is 11.4 Å². The average Bonchev–Trinajstić information content (AvgIpc) is 3.69. The fourth-order valence-electron chi connectivity index (χ4n) is 4.82. The monoisotopic (exact) mass is 720 g/mol. The topological polar surface area (TPSA) is 179 Å². The summed E-state index contributed by atoms with van der Waals surface area (Å²) in [7, 11) is 0. The maximum Gasteiger partial charge on any atom is 0.323 e. The number of nitrogens with zero attached hydrogens (tertiary/aromatic N) is 4. The second-order valence-corrected chi connectivity index (χ2v) is 14.4. The second-order valence-electron chi connectivity index (χ2n) is 9.70. The van der Waals surface area contributed by atoms with Crippen LogP contribution >= 0.6 is 58.4 Å². The third kappa shape index (κ3) is 6.22. The highest BCUT2D eigenvalue weighted by Gasteiger charge is 2.35. The van der Waals surface area contributed by atoms with Crippen LogP contribution in [0.15, 0.2) is 49.9 Å². The molecule has 3 N–H and O–H groups in total. The Labute approximate surface area is 280 Å². The zero-order valence-corrected chi connectivity index (χ0v) is 28.1. The lowest BCUT2D eigenvalue weighted by Crippen LogP contribution is -2.35. The van der Waals surface area contributed by atoms with Crippen molar-refractivity contribution in [3.8, 4) is 0 Å². The summed E-state index contributed by atoms with van der Waals surface area (Å²) in [5.41, 5.74) is 0.150. The molecule has 46 heavy (non-hydrogen) atoms. The van der Waals surface area contributed by atoms with Crippen molar-refractivity contribution < 1.29 is 34.5 Å². The number of carboxylic acid groups (broad SMARTS) is 3. The van der Waals surface area contributed by atoms with E-state index in [1.54, 1.807) is 0 Å². The first-order chi connectivity index (χ1) is 21.9. The van der Waals surface area contributed by atoms with Crippen molar-refractivity contribution in [2.45, 2.75) is 38.3 Å². The van der Waals surface area contributed by atoms with Crippen molar-refractivity contribution in [2.24, 2.45) is 0 Å². The first kappa shape index (κ1) is 33.4. The molecule has 1 aromatic carbocycles. The van der Waals surface area contributed by atoms with Crippen molar-refractivity contribution >= 4 is 103 Å². The SMILES string of the molecule is CCC(C=C1Sc2ccccc2N1CC)=c1s/c(=c2/s/c(=C3/SC(=S)N(CC(=O)O)C3=O)n(CC(=O)O)c2=O)n(CC(=O)O)c1=O. The molecule has 2 aromatic heterocycles. The van der Waals surface area contributed by atoms with E-state index >= 15 is 0 Å². The van der Waals surface area contributed by atoms with Crippen LogP contribution in [0.3, 0.4) is 0 Å². The standard InChI is InChI=1S/C28H24N4O9S5/c1-3-13(9-16-29(4-2)14-7-5-6-8-15(14)43-16)20-23(39)30(10-17(33)34)26(44-20)21-24(40)31(11-18(35)36)27(45-21)22-25(41)32(12-19(37)38)28(42)46-22/h5-9H,3-4,10-12H2,1-2H3,(H,33,34)(H,35,36)(H,37,38)/b16-9?,20-13?,26-21+,27-22+. The van der Waals surface area contributed by atoms with E-state index in [9.17, 15) is 44.1 Å². The molecule has 0 unspecified atom stereocenters. The van der Waals surface area contributed by atoms with Crippen molar-refractivity contribution in [1.82, 2.24) is 14.0 Å². The highest BCUT2D eigenvalue weighted by atomic mass is 32.2. The number of rotatable bonds is 9. The van der Waals surface area contributed by atoms with E-state index in [4.69, 9.17) is 12.2 Å². The van der Waals surface area contributed by atoms with E-state index < -0.39 is 54.6 Å². The van der Waals surface area contributed by atoms with Gasteiger partial charge in [-0.2, -0.15) is 0 Å². The number of benzene rings is 1. The number of thiazole rings is 2. The summed E-state index contributed by atoms with van der Waals surface area (Å²) < 4.78 is 1.67. The van der Waals surface area contributed by atoms with Crippen LogP contribution in [0.2, 0.25) is 0 Å². The molecular formula is C28H24N4O9S5. The summed E-state index contributed by atoms with van der Waals surface area (Å²) in [5, 5.41) is 29.3. The summed E-state index contributed by atoms with van der Waals surface area (Å²) in [6, 6.07) is 7.86. The van der Waals surface area contributed by atoms with Gasteiger partial charge in [-0.3, -0.25) is 42.8 Å². The maximum absolute atomic E-state index is 13.8. The van der Waals surface area contributed by atoms with Gasteiger partial charge in [-0.05, 0) is 37.1 Å². The largest absolute Gasteiger partial charge is 0.480 e. The molecule has 0 saturated carbocycles. The zero-order valence-electron chi connectivity index (χ0n) is 24.0. The summed E-state index contributed by atoms with van der Waals surface area (Å²) >= 11 is 9.05. The van der Waals surface area contributed by atoms with Crippen LogP contribution < -0.4 is 25.2 Å². The Bertz CT molecular complexity index is 2210. The second kappa shape index (κ2) is 13.4. The number of hydrogen-bond donors (Lipinski definition) is 3. The van der Waals surface area contributed by atoms with Gasteiger partial charge in [0.05, 0.1) is 15.2 Å². The molecule has 0 aliphatic carbocycles. The summed E-state index contributed by atoms with van der Waals surface area (Å²) in [6.07, 6.45) is 2.28. The third-order valence-electron chi connectivity index (χ3n) is 6.81. The Morgan fingerprint density at radius 2 is 1.46 bits per heavy atom. The van der Waals surface area contributed by atoms with Gasteiger partial charge >= 0.3 is 17.9 Å². The van der Waals surface area contributed by atoms with Crippen molar-refractivity contribution in [2.75, 3.05) is 18.0 Å². The summed E-state index contributed by atoms with van der Waals surface area (Å²) in [6.45, 7) is 2.16. The Hall–Kier alpha value is -3.97. The molecule has 5 rings (SSSR count). The molecule has 0 spiro atoms. The summed E-state index contributed by atoms with van der Waals surface area (Å²) in [5.74, 6) is -4.87. The van der Waals surface area contributed by atoms with Crippen LogP contribution in [-0.2, 0) is 32.3 Å². The number of fused-ring (bicyclic) bond motifs is 1. The predicted octanol–water partition coefficient (Wildman–Crippen LogP) is 1.68. The molecule has 13 nitrogen and oxygen atoms in total. The van der Waals surface area contributed by atoms with Crippen molar-refractivity contribution in [1.29, 1.82) is 0 Å². The Kier molecular flexibility index (Phi) is 9.73. The number of carbonyl (C=O) groups is 4. The molecule has 4 heterocycles. The van der Waals surface area contributed by atoms with E-state index in [0.717, 1.165) is 52.7 Å². The fourth-order valence-corrected chi connectivity index (χ4v) is 9.92. The number of thioether (sulfide) groups is 2. The van der Waals surface area contributed by atoms with Gasteiger partial charge in [-0.15, -0.1) is 22.7 Å². The van der Waals surface area contributed by atoms with Gasteiger partial charge in [-0.25, -0.2) is 0 Å². The van der Waals surface area contributed by atoms with Gasteiger partial charge in [0.2, 0.25) is 0 Å². The molecule has 2 aliphatic heterocycles. The van der Waals surface area contributed by atoms with Gasteiger partial charge in [0.15, 0.2) is 0 Å². The highest BCUT2D eigenvalue weighted by molar-refractivity contribution is 8.30. The van der Waals surface area contributed by atoms with Crippen molar-refractivity contribution in [3.05, 3.63) is 74.5 Å². The highest BCUT2D eigenvalue weighted by Crippen LogP contribution is 2.46. The number of hydrogen-bond acceptors (Lipinski definition) is 12. The number of anilines is 1. The Morgan fingerprint density at radius 1 is 0.826 bits per heavy atom. The number of aliphatic carboxylic acids is 3. The molecule has 18 heteroatoms. The van der Waals surface area contributed by atoms with Gasteiger partial charge < -0.3 is 20.2 Å². The van der Waals surface area contributed by atoms with E-state index in [2.05, 4.69) is 4.90 Å². The van der Waals surface area contributed by atoms with Gasteiger partial charge in [0.25, 0.3) is 17.0 Å². The van der Waals surface area contributed by atoms with E-state index in [-0.39, 0.29) is 27.6 Å². The predicted molar refractivity (Wildman–Crippen MR) is 179 cm³/mol. The summed E-state index contributed by atoms with van der Waals surface area (Å²) in [4.78, 5) is 79.5. The third-order valence-corrected chi connectivity index (χ3v) is 12.1. The Morgan fingerprint density at radius 3 is 2.07 bits per heavy atom. The lowest BCUT2D eigenvalue weighted by molar-refractivity contribution is -0.140. The molecule has 1 amide bonds. The number of carboxylic acids is 3. The fraction of sp³-hybridized carbons (Fsp3) is 0.250. The molecule has 2 aliphatic rings. The van der Waals surface area contributed by atoms with Crippen LogP contribution in [0.5, 0.6) is 0 Å². The number of carbonyl (C=O) groups excluding carboxylic acids is 1. The van der Waals surface area contributed by atoms with Crippen LogP contribution in [0.1, 0.15) is 20.3 Å². The van der Waals surface area contributed by atoms with Crippen LogP contribution in [0.4, 0.5) is 5.69 Å². The zero-order chi connectivity index (χ0) is 33.4. The Balaban J connectivity index is 1.85. The lowest BCUT2D eigenvalue weighted by Gasteiger charge is -2.18. The smallest absolute Gasteiger partial charge is 0.323 e. The van der Waals surface area contributed by atoms with Gasteiger partial charge in [0.1, 0.15) is 42.7 Å². The normalized spacial score (nSPS) is 18.0. The number of allylic oxidation sites excluding steroid dienone is 1. The molecule has 0 atom stereocenters.